The first-order chi connectivity index (χ1) is 9.73. The molecule has 2 rings (SSSR count). The molecule has 21 heavy (non-hydrogen) atoms. The van der Waals surface area contributed by atoms with Gasteiger partial charge in [-0.05, 0) is 68.5 Å². The monoisotopic (exact) mass is 288 g/mol. The van der Waals surface area contributed by atoms with Crippen LogP contribution in [0.15, 0.2) is 18.2 Å². The van der Waals surface area contributed by atoms with Gasteiger partial charge < -0.3 is 0 Å². The van der Waals surface area contributed by atoms with Crippen LogP contribution in [-0.4, -0.2) is 5.78 Å². The van der Waals surface area contributed by atoms with Crippen LogP contribution < -0.4 is 0 Å². The van der Waals surface area contributed by atoms with E-state index >= 15 is 0 Å². The number of ketones is 1. The van der Waals surface area contributed by atoms with Crippen molar-refractivity contribution in [3.8, 4) is 0 Å². The minimum Gasteiger partial charge on any atom is -0.288 e. The van der Waals surface area contributed by atoms with Crippen molar-refractivity contribution in [1.82, 2.24) is 0 Å². The summed E-state index contributed by atoms with van der Waals surface area (Å²) < 4.78 is 27.3. The molecule has 0 bridgehead atoms. The third-order valence-electron chi connectivity index (χ3n) is 4.09. The highest BCUT2D eigenvalue weighted by Gasteiger charge is 2.21. The minimum absolute atomic E-state index is 0.0786. The molecule has 0 amide bonds. The van der Waals surface area contributed by atoms with E-state index in [1.54, 1.807) is 0 Å². The van der Waals surface area contributed by atoms with E-state index < -0.39 is 17.4 Å². The number of hydrogen-bond donors (Lipinski definition) is 0. The molecule has 110 valence electrons. The number of aryl methyl sites for hydroxylation is 3. The molecule has 3 heteroatoms. The Morgan fingerprint density at radius 2 is 1.29 bits per heavy atom. The molecule has 0 aromatic heterocycles. The lowest BCUT2D eigenvalue weighted by Crippen LogP contribution is -2.11. The summed E-state index contributed by atoms with van der Waals surface area (Å²) in [5.74, 6) is -1.85. The summed E-state index contributed by atoms with van der Waals surface area (Å²) in [5.41, 5.74) is 4.34. The van der Waals surface area contributed by atoms with Crippen LogP contribution in [0.4, 0.5) is 8.78 Å². The maximum Gasteiger partial charge on any atom is 0.196 e. The van der Waals surface area contributed by atoms with Gasteiger partial charge in [-0.15, -0.1) is 0 Å². The Bertz CT molecular complexity index is 719. The lowest BCUT2D eigenvalue weighted by molar-refractivity contribution is 0.103. The van der Waals surface area contributed by atoms with Crippen molar-refractivity contribution < 1.29 is 13.6 Å². The summed E-state index contributed by atoms with van der Waals surface area (Å²) in [5, 5.41) is 0. The number of rotatable bonds is 2. The zero-order chi connectivity index (χ0) is 15.9. The van der Waals surface area contributed by atoms with E-state index in [0.29, 0.717) is 5.56 Å². The van der Waals surface area contributed by atoms with Crippen LogP contribution in [0.1, 0.15) is 43.7 Å². The molecule has 1 nitrogen and oxygen atoms in total. The van der Waals surface area contributed by atoms with E-state index in [1.807, 2.05) is 33.8 Å². The molecule has 2 aromatic rings. The second-order valence-corrected chi connectivity index (χ2v) is 5.55. The predicted octanol–water partition coefficient (Wildman–Crippen LogP) is 4.74. The van der Waals surface area contributed by atoms with E-state index in [-0.39, 0.29) is 11.1 Å². The van der Waals surface area contributed by atoms with E-state index in [0.717, 1.165) is 28.3 Å². The summed E-state index contributed by atoms with van der Waals surface area (Å²) >= 11 is 0. The standard InChI is InChI=1S/C18H18F2O/c1-9-6-10(2)13(5)17(12(9)4)18(21)14-7-11(3)15(19)8-16(14)20/h6-8H,1-5H3. The van der Waals surface area contributed by atoms with Gasteiger partial charge in [0.05, 0.1) is 5.56 Å². The second kappa shape index (κ2) is 5.40. The molecule has 0 atom stereocenters. The minimum atomic E-state index is -0.818. The first kappa shape index (κ1) is 15.4. The molecule has 0 radical (unpaired) electrons. The SMILES string of the molecule is Cc1cc(C(=O)c2c(C)c(C)cc(C)c2C)c(F)cc1F. The van der Waals surface area contributed by atoms with Gasteiger partial charge in [-0.1, -0.05) is 6.07 Å². The van der Waals surface area contributed by atoms with Crippen LogP contribution in [0.25, 0.3) is 0 Å². The lowest BCUT2D eigenvalue weighted by Gasteiger charge is -2.15. The van der Waals surface area contributed by atoms with Crippen molar-refractivity contribution in [3.05, 3.63) is 68.8 Å². The molecule has 2 aromatic carbocycles. The molecule has 0 unspecified atom stereocenters. The van der Waals surface area contributed by atoms with Crippen molar-refractivity contribution >= 4 is 5.78 Å². The highest BCUT2D eigenvalue weighted by Crippen LogP contribution is 2.26. The number of halogens is 2. The van der Waals surface area contributed by atoms with Gasteiger partial charge in [0.1, 0.15) is 11.6 Å². The van der Waals surface area contributed by atoms with Gasteiger partial charge in [-0.25, -0.2) is 8.78 Å². The molecular weight excluding hydrogens is 270 g/mol. The van der Waals surface area contributed by atoms with E-state index in [1.165, 1.54) is 13.0 Å². The molecule has 0 saturated carbocycles. The van der Waals surface area contributed by atoms with Crippen molar-refractivity contribution in [3.63, 3.8) is 0 Å². The Morgan fingerprint density at radius 3 is 1.81 bits per heavy atom. The molecule has 0 saturated heterocycles. The summed E-state index contributed by atoms with van der Waals surface area (Å²) in [7, 11) is 0. The van der Waals surface area contributed by atoms with Crippen molar-refractivity contribution in [2.75, 3.05) is 0 Å². The fourth-order valence-corrected chi connectivity index (χ4v) is 2.52. The van der Waals surface area contributed by atoms with Crippen molar-refractivity contribution in [2.24, 2.45) is 0 Å². The molecule has 0 aliphatic carbocycles. The Kier molecular flexibility index (Phi) is 3.95. The van der Waals surface area contributed by atoms with Gasteiger partial charge in [0.15, 0.2) is 5.78 Å². The van der Waals surface area contributed by atoms with Crippen LogP contribution in [0, 0.1) is 46.3 Å². The van der Waals surface area contributed by atoms with E-state index in [2.05, 4.69) is 0 Å². The smallest absolute Gasteiger partial charge is 0.196 e. The third-order valence-corrected chi connectivity index (χ3v) is 4.09. The summed E-state index contributed by atoms with van der Waals surface area (Å²) in [6, 6.07) is 4.06. The van der Waals surface area contributed by atoms with Gasteiger partial charge in [0.2, 0.25) is 0 Å². The van der Waals surface area contributed by atoms with Gasteiger partial charge >= 0.3 is 0 Å². The van der Waals surface area contributed by atoms with Crippen LogP contribution in [0.5, 0.6) is 0 Å². The van der Waals surface area contributed by atoms with Crippen LogP contribution in [-0.2, 0) is 0 Å². The molecule has 0 spiro atoms. The molecule has 0 N–H and O–H groups in total. The Morgan fingerprint density at radius 1 is 0.762 bits per heavy atom. The van der Waals surface area contributed by atoms with E-state index in [4.69, 9.17) is 0 Å². The topological polar surface area (TPSA) is 17.1 Å². The van der Waals surface area contributed by atoms with Crippen LogP contribution in [0.2, 0.25) is 0 Å². The summed E-state index contributed by atoms with van der Waals surface area (Å²) in [6.45, 7) is 9.06. The van der Waals surface area contributed by atoms with Crippen molar-refractivity contribution in [1.29, 1.82) is 0 Å². The molecule has 0 aliphatic heterocycles. The maximum absolute atomic E-state index is 14.0. The second-order valence-electron chi connectivity index (χ2n) is 5.55. The Balaban J connectivity index is 2.69. The van der Waals surface area contributed by atoms with Gasteiger partial charge in [-0.3, -0.25) is 4.79 Å². The van der Waals surface area contributed by atoms with Crippen molar-refractivity contribution in [2.45, 2.75) is 34.6 Å². The maximum atomic E-state index is 14.0. The fraction of sp³-hybridized carbons (Fsp3) is 0.278. The highest BCUT2D eigenvalue weighted by atomic mass is 19.1. The first-order valence-corrected chi connectivity index (χ1v) is 6.81. The summed E-state index contributed by atoms with van der Waals surface area (Å²) in [4.78, 5) is 12.7. The van der Waals surface area contributed by atoms with Crippen LogP contribution >= 0.6 is 0 Å². The number of hydrogen-bond acceptors (Lipinski definition) is 1. The largest absolute Gasteiger partial charge is 0.288 e. The lowest BCUT2D eigenvalue weighted by atomic mass is 9.89. The number of carbonyl (C=O) groups is 1. The fourth-order valence-electron chi connectivity index (χ4n) is 2.52. The Labute approximate surface area is 123 Å². The number of carbonyl (C=O) groups excluding carboxylic acids is 1. The average molecular weight is 288 g/mol. The van der Waals surface area contributed by atoms with Gasteiger partial charge in [0.25, 0.3) is 0 Å². The highest BCUT2D eigenvalue weighted by molar-refractivity contribution is 6.11. The first-order valence-electron chi connectivity index (χ1n) is 6.81. The van der Waals surface area contributed by atoms with Gasteiger partial charge in [-0.2, -0.15) is 0 Å². The third kappa shape index (κ3) is 2.60. The Hall–Kier alpha value is -2.03. The van der Waals surface area contributed by atoms with E-state index in [9.17, 15) is 13.6 Å². The molecule has 0 fully saturated rings. The quantitative estimate of drug-likeness (QED) is 0.730. The molecule has 0 aliphatic rings. The zero-order valence-electron chi connectivity index (χ0n) is 12.9. The molecular formula is C18H18F2O. The average Bonchev–Trinajstić information content (AvgIpc) is 2.40. The van der Waals surface area contributed by atoms with Crippen LogP contribution in [0.3, 0.4) is 0 Å². The van der Waals surface area contributed by atoms with Gasteiger partial charge in [0, 0.05) is 11.6 Å². The normalized spacial score (nSPS) is 10.8. The summed E-state index contributed by atoms with van der Waals surface area (Å²) in [6.07, 6.45) is 0. The predicted molar refractivity (Wildman–Crippen MR) is 79.9 cm³/mol. The molecule has 0 heterocycles. The zero-order valence-corrected chi connectivity index (χ0v) is 12.9. The number of benzene rings is 2.